The lowest BCUT2D eigenvalue weighted by molar-refractivity contribution is 0.284. The summed E-state index contributed by atoms with van der Waals surface area (Å²) in [7, 11) is 0. The highest BCUT2D eigenvalue weighted by Crippen LogP contribution is 1.94. The topological polar surface area (TPSA) is 20.2 Å². The predicted molar refractivity (Wildman–Crippen MR) is 42.0 cm³/mol. The van der Waals surface area contributed by atoms with Crippen LogP contribution in [0, 0.1) is 0 Å². The molecule has 0 saturated carbocycles. The van der Waals surface area contributed by atoms with Crippen molar-refractivity contribution in [1.29, 1.82) is 0 Å². The third-order valence-electron chi connectivity index (χ3n) is 0.816. The SMILES string of the molecule is Cl.OCCCCCS. The van der Waals surface area contributed by atoms with E-state index in [0.29, 0.717) is 6.61 Å². The zero-order valence-electron chi connectivity index (χ0n) is 4.84. The van der Waals surface area contributed by atoms with Crippen LogP contribution in [0.5, 0.6) is 0 Å². The van der Waals surface area contributed by atoms with Crippen LogP contribution in [0.4, 0.5) is 0 Å². The van der Waals surface area contributed by atoms with Gasteiger partial charge in [0.05, 0.1) is 0 Å². The largest absolute Gasteiger partial charge is 0.396 e. The molecular formula is C5H13ClOS. The van der Waals surface area contributed by atoms with Gasteiger partial charge in [0.2, 0.25) is 0 Å². The Morgan fingerprint density at radius 1 is 1.12 bits per heavy atom. The number of aliphatic hydroxyl groups is 1. The summed E-state index contributed by atoms with van der Waals surface area (Å²) in [5.41, 5.74) is 0. The Labute approximate surface area is 62.3 Å². The Balaban J connectivity index is 0. The minimum atomic E-state index is 0. The zero-order chi connectivity index (χ0) is 5.54. The highest BCUT2D eigenvalue weighted by molar-refractivity contribution is 7.80. The molecule has 0 saturated heterocycles. The minimum absolute atomic E-state index is 0. The van der Waals surface area contributed by atoms with E-state index >= 15 is 0 Å². The molecule has 0 bridgehead atoms. The van der Waals surface area contributed by atoms with E-state index in [9.17, 15) is 0 Å². The maximum Gasteiger partial charge on any atom is 0.0431 e. The average Bonchev–Trinajstić information content (AvgIpc) is 1.69. The van der Waals surface area contributed by atoms with Gasteiger partial charge in [-0.2, -0.15) is 12.6 Å². The summed E-state index contributed by atoms with van der Waals surface area (Å²) in [5, 5.41) is 8.27. The first-order valence-electron chi connectivity index (χ1n) is 2.63. The molecule has 0 aliphatic heterocycles. The van der Waals surface area contributed by atoms with Crippen LogP contribution >= 0.6 is 25.0 Å². The average molecular weight is 157 g/mol. The van der Waals surface area contributed by atoms with Gasteiger partial charge in [-0.05, 0) is 18.6 Å². The lowest BCUT2D eigenvalue weighted by atomic mass is 10.3. The molecule has 0 aromatic carbocycles. The van der Waals surface area contributed by atoms with Crippen molar-refractivity contribution in [3.8, 4) is 0 Å². The van der Waals surface area contributed by atoms with Gasteiger partial charge in [-0.1, -0.05) is 6.42 Å². The van der Waals surface area contributed by atoms with Crippen molar-refractivity contribution in [1.82, 2.24) is 0 Å². The molecular weight excluding hydrogens is 144 g/mol. The van der Waals surface area contributed by atoms with Gasteiger partial charge >= 0.3 is 0 Å². The van der Waals surface area contributed by atoms with Gasteiger partial charge in [-0.15, -0.1) is 12.4 Å². The van der Waals surface area contributed by atoms with Crippen LogP contribution in [-0.2, 0) is 0 Å². The second kappa shape index (κ2) is 10.6. The Morgan fingerprint density at radius 2 is 1.75 bits per heavy atom. The molecule has 0 amide bonds. The number of thiol groups is 1. The lowest BCUT2D eigenvalue weighted by Crippen LogP contribution is -1.82. The molecule has 1 nitrogen and oxygen atoms in total. The van der Waals surface area contributed by atoms with Crippen molar-refractivity contribution in [3.63, 3.8) is 0 Å². The second-order valence-corrected chi connectivity index (χ2v) is 1.96. The number of halogens is 1. The molecule has 0 radical (unpaired) electrons. The standard InChI is InChI=1S/C5H12OS.ClH/c6-4-2-1-3-5-7;/h6-7H,1-5H2;1H. The predicted octanol–water partition coefficient (Wildman–Crippen LogP) is 1.50. The van der Waals surface area contributed by atoms with Crippen LogP contribution in [0.15, 0.2) is 0 Å². The maximum atomic E-state index is 8.27. The van der Waals surface area contributed by atoms with Gasteiger partial charge in [0.25, 0.3) is 0 Å². The van der Waals surface area contributed by atoms with Gasteiger partial charge in [-0.25, -0.2) is 0 Å². The molecule has 0 atom stereocenters. The van der Waals surface area contributed by atoms with E-state index in [1.54, 1.807) is 0 Å². The van der Waals surface area contributed by atoms with Crippen molar-refractivity contribution < 1.29 is 5.11 Å². The molecule has 0 fully saturated rings. The van der Waals surface area contributed by atoms with Crippen molar-refractivity contribution >= 4 is 25.0 Å². The van der Waals surface area contributed by atoms with Crippen LogP contribution in [0.25, 0.3) is 0 Å². The normalized spacial score (nSPS) is 8.25. The minimum Gasteiger partial charge on any atom is -0.396 e. The third-order valence-corrected chi connectivity index (χ3v) is 1.13. The molecule has 0 aliphatic carbocycles. The molecule has 0 aromatic heterocycles. The van der Waals surface area contributed by atoms with Gasteiger partial charge in [0.1, 0.15) is 0 Å². The first-order valence-corrected chi connectivity index (χ1v) is 3.26. The van der Waals surface area contributed by atoms with Crippen LogP contribution in [0.1, 0.15) is 19.3 Å². The molecule has 0 heterocycles. The van der Waals surface area contributed by atoms with Crippen LogP contribution in [0.2, 0.25) is 0 Å². The van der Waals surface area contributed by atoms with E-state index in [4.69, 9.17) is 5.11 Å². The smallest absolute Gasteiger partial charge is 0.0431 e. The Kier molecular flexibility index (Phi) is 15.0. The summed E-state index contributed by atoms with van der Waals surface area (Å²) in [6.07, 6.45) is 3.17. The Bertz CT molecular complexity index is 31.6. The number of aliphatic hydroxyl groups excluding tert-OH is 1. The molecule has 0 aliphatic rings. The Hall–Kier alpha value is 0.600. The van der Waals surface area contributed by atoms with Gasteiger partial charge in [-0.3, -0.25) is 0 Å². The summed E-state index contributed by atoms with van der Waals surface area (Å²) >= 11 is 4.01. The zero-order valence-corrected chi connectivity index (χ0v) is 6.55. The third kappa shape index (κ3) is 9.78. The second-order valence-electron chi connectivity index (χ2n) is 1.51. The van der Waals surface area contributed by atoms with Crippen molar-refractivity contribution in [2.24, 2.45) is 0 Å². The molecule has 1 N–H and O–H groups in total. The molecule has 0 aromatic rings. The molecule has 3 heteroatoms. The van der Waals surface area contributed by atoms with Crippen molar-refractivity contribution in [3.05, 3.63) is 0 Å². The van der Waals surface area contributed by atoms with Crippen LogP contribution < -0.4 is 0 Å². The molecule has 8 heavy (non-hydrogen) atoms. The maximum absolute atomic E-state index is 8.27. The lowest BCUT2D eigenvalue weighted by Gasteiger charge is -1.90. The first kappa shape index (κ1) is 11.4. The number of hydrogen-bond donors (Lipinski definition) is 2. The van der Waals surface area contributed by atoms with E-state index in [0.717, 1.165) is 25.0 Å². The summed E-state index contributed by atoms with van der Waals surface area (Å²) in [4.78, 5) is 0. The fraction of sp³-hybridized carbons (Fsp3) is 1.00. The number of rotatable bonds is 4. The summed E-state index contributed by atoms with van der Waals surface area (Å²) in [6.45, 7) is 0.327. The highest BCUT2D eigenvalue weighted by atomic mass is 35.5. The number of hydrogen-bond acceptors (Lipinski definition) is 2. The highest BCUT2D eigenvalue weighted by Gasteiger charge is 1.81. The van der Waals surface area contributed by atoms with Gasteiger partial charge < -0.3 is 5.11 Å². The van der Waals surface area contributed by atoms with Crippen LogP contribution in [-0.4, -0.2) is 17.5 Å². The van der Waals surface area contributed by atoms with E-state index in [2.05, 4.69) is 12.6 Å². The molecule has 0 rings (SSSR count). The Morgan fingerprint density at radius 3 is 2.12 bits per heavy atom. The summed E-state index contributed by atoms with van der Waals surface area (Å²) < 4.78 is 0. The quantitative estimate of drug-likeness (QED) is 0.467. The molecule has 52 valence electrons. The van der Waals surface area contributed by atoms with Crippen LogP contribution in [0.3, 0.4) is 0 Å². The fourth-order valence-electron chi connectivity index (χ4n) is 0.400. The fourth-order valence-corrected chi connectivity index (χ4v) is 0.624. The number of unbranched alkanes of at least 4 members (excludes halogenated alkanes) is 2. The summed E-state index contributed by atoms with van der Waals surface area (Å²) in [5.74, 6) is 0.944. The summed E-state index contributed by atoms with van der Waals surface area (Å²) in [6, 6.07) is 0. The molecule has 0 spiro atoms. The van der Waals surface area contributed by atoms with E-state index < -0.39 is 0 Å². The van der Waals surface area contributed by atoms with E-state index in [-0.39, 0.29) is 12.4 Å². The van der Waals surface area contributed by atoms with Gasteiger partial charge in [0, 0.05) is 6.61 Å². The first-order chi connectivity index (χ1) is 3.41. The van der Waals surface area contributed by atoms with Crippen molar-refractivity contribution in [2.45, 2.75) is 19.3 Å². The van der Waals surface area contributed by atoms with E-state index in [1.165, 1.54) is 0 Å². The van der Waals surface area contributed by atoms with Gasteiger partial charge in [0.15, 0.2) is 0 Å². The van der Waals surface area contributed by atoms with Crippen molar-refractivity contribution in [2.75, 3.05) is 12.4 Å². The van der Waals surface area contributed by atoms with E-state index in [1.807, 2.05) is 0 Å². The monoisotopic (exact) mass is 156 g/mol. The molecule has 0 unspecified atom stereocenters.